The molecule has 1 aromatic heterocycles. The Morgan fingerprint density at radius 3 is 2.50 bits per heavy atom. The van der Waals surface area contributed by atoms with Crippen molar-refractivity contribution in [1.82, 2.24) is 4.98 Å². The van der Waals surface area contributed by atoms with Gasteiger partial charge in [0.15, 0.2) is 0 Å². The van der Waals surface area contributed by atoms with Gasteiger partial charge in [-0.2, -0.15) is 0 Å². The number of aliphatic hydroxyl groups excluding tert-OH is 2. The van der Waals surface area contributed by atoms with Crippen LogP contribution in [0.2, 0.25) is 0 Å². The first-order chi connectivity index (χ1) is 17.7. The van der Waals surface area contributed by atoms with Crippen molar-refractivity contribution in [2.45, 2.75) is 98.1 Å². The summed E-state index contributed by atoms with van der Waals surface area (Å²) in [5.74, 6) is -1.65. The molecule has 7 nitrogen and oxygen atoms in total. The topological polar surface area (TPSA) is 106 Å². The molecule has 1 aromatic carbocycles. The number of hydrogen-bond acceptors (Lipinski definition) is 8. The summed E-state index contributed by atoms with van der Waals surface area (Å²) in [7, 11) is 0. The van der Waals surface area contributed by atoms with Gasteiger partial charge < -0.3 is 19.7 Å². The number of ether oxygens (including phenoxy) is 2. The Hall–Kier alpha value is -2.13. The number of cyclic esters (lactones) is 1. The zero-order chi connectivity index (χ0) is 28.3. The van der Waals surface area contributed by atoms with Crippen LogP contribution in [0.25, 0.3) is 16.3 Å². The molecule has 0 amide bonds. The molecule has 8 heteroatoms. The summed E-state index contributed by atoms with van der Waals surface area (Å²) in [6, 6.07) is 7.90. The van der Waals surface area contributed by atoms with Crippen molar-refractivity contribution in [2.75, 3.05) is 6.61 Å². The number of hydrogen-bond donors (Lipinski definition) is 2. The molecule has 0 bridgehead atoms. The molecule has 5 atom stereocenters. The van der Waals surface area contributed by atoms with Gasteiger partial charge in [-0.05, 0) is 63.3 Å². The van der Waals surface area contributed by atoms with Gasteiger partial charge in [-0.15, -0.1) is 11.3 Å². The molecule has 38 heavy (non-hydrogen) atoms. The van der Waals surface area contributed by atoms with Gasteiger partial charge in [-0.1, -0.05) is 46.2 Å². The normalized spacial score (nSPS) is 30.2. The van der Waals surface area contributed by atoms with Crippen LogP contribution in [0.1, 0.15) is 79.2 Å². The molecular formula is C30H43NO6S. The van der Waals surface area contributed by atoms with E-state index in [4.69, 9.17) is 9.47 Å². The van der Waals surface area contributed by atoms with Crippen LogP contribution in [0.4, 0.5) is 0 Å². The van der Waals surface area contributed by atoms with E-state index < -0.39 is 41.2 Å². The highest BCUT2D eigenvalue weighted by Gasteiger charge is 2.42. The minimum Gasteiger partial charge on any atom is -0.455 e. The summed E-state index contributed by atoms with van der Waals surface area (Å²) in [5.41, 5.74) is -0.0151. The zero-order valence-electron chi connectivity index (χ0n) is 23.7. The fourth-order valence-corrected chi connectivity index (χ4v) is 5.89. The summed E-state index contributed by atoms with van der Waals surface area (Å²) in [4.78, 5) is 31.0. The summed E-state index contributed by atoms with van der Waals surface area (Å²) >= 11 is 1.56. The molecule has 2 N–H and O–H groups in total. The highest BCUT2D eigenvalue weighted by molar-refractivity contribution is 7.19. The first kappa shape index (κ1) is 30.4. The molecule has 0 spiro atoms. The van der Waals surface area contributed by atoms with E-state index >= 15 is 0 Å². The van der Waals surface area contributed by atoms with Gasteiger partial charge in [-0.25, -0.2) is 4.98 Å². The minimum absolute atomic E-state index is 0.0951. The van der Waals surface area contributed by atoms with Crippen molar-refractivity contribution in [2.24, 2.45) is 17.3 Å². The van der Waals surface area contributed by atoms with Crippen LogP contribution in [-0.4, -0.2) is 57.5 Å². The molecule has 0 saturated carbocycles. The van der Waals surface area contributed by atoms with Gasteiger partial charge >= 0.3 is 5.97 Å². The molecule has 1 saturated heterocycles. The number of benzene rings is 1. The van der Waals surface area contributed by atoms with Gasteiger partial charge in [0.25, 0.3) is 0 Å². The maximum atomic E-state index is 13.3. The molecule has 1 aliphatic heterocycles. The highest BCUT2D eigenvalue weighted by atomic mass is 32.1. The maximum absolute atomic E-state index is 13.3. The summed E-state index contributed by atoms with van der Waals surface area (Å²) in [6.45, 7) is 12.9. The molecular weight excluding hydrogens is 502 g/mol. The lowest BCUT2D eigenvalue weighted by molar-refractivity contribution is -0.159. The van der Waals surface area contributed by atoms with Gasteiger partial charge in [-0.3, -0.25) is 9.59 Å². The third-order valence-corrected chi connectivity index (χ3v) is 8.83. The van der Waals surface area contributed by atoms with Crippen LogP contribution >= 0.6 is 11.3 Å². The third-order valence-electron chi connectivity index (χ3n) is 7.84. The molecule has 1 aliphatic rings. The first-order valence-electron chi connectivity index (χ1n) is 13.5. The number of nitrogens with zero attached hydrogens (tertiary/aromatic N) is 1. The number of para-hydroxylation sites is 1. The number of thiazole rings is 1. The summed E-state index contributed by atoms with van der Waals surface area (Å²) < 4.78 is 13.2. The van der Waals surface area contributed by atoms with Crippen LogP contribution in [0.5, 0.6) is 0 Å². The number of Topliss-reactive ketones (excluding diaryl/α,β-unsaturated/α-hetero) is 1. The molecule has 2 aromatic rings. The second kappa shape index (κ2) is 12.4. The average Bonchev–Trinajstić information content (AvgIpc) is 3.26. The number of carbonyl (C=O) groups excluding carboxylic acids is 2. The van der Waals surface area contributed by atoms with E-state index in [2.05, 4.69) is 4.98 Å². The molecule has 210 valence electrons. The van der Waals surface area contributed by atoms with Gasteiger partial charge in [0.1, 0.15) is 16.9 Å². The lowest BCUT2D eigenvalue weighted by atomic mass is 9.73. The van der Waals surface area contributed by atoms with E-state index in [9.17, 15) is 19.8 Å². The number of rotatable bonds is 2. The van der Waals surface area contributed by atoms with Crippen LogP contribution in [0.15, 0.2) is 29.8 Å². The van der Waals surface area contributed by atoms with Crippen molar-refractivity contribution in [3.05, 3.63) is 34.8 Å². The molecule has 1 fully saturated rings. The van der Waals surface area contributed by atoms with E-state index in [-0.39, 0.29) is 24.7 Å². The Morgan fingerprint density at radius 2 is 1.82 bits per heavy atom. The quantitative estimate of drug-likeness (QED) is 0.475. The Bertz CT molecular complexity index is 1120. The Balaban J connectivity index is 1.88. The minimum atomic E-state index is -1.26. The fraction of sp³-hybridized carbons (Fsp3) is 0.633. The standard InChI is InChI=1S/C30H43NO6S/c1-18-11-10-14-29(4,5)36-17-22(19(2)15-25-31-21-12-8-9-13-23(21)38-25)37-26(33)16-24(32)30(6,7)28(35)20(3)27(18)34/h8-9,12-13,15,18,20,22,24,27,32,34H,10-11,14,16-17H2,1-7H3/b19-15+/t18-,20+,22-,24-,27-/m0/s1. The number of ketones is 1. The maximum Gasteiger partial charge on any atom is 0.309 e. The predicted molar refractivity (Wildman–Crippen MR) is 151 cm³/mol. The van der Waals surface area contributed by atoms with Crippen LogP contribution in [-0.2, 0) is 19.1 Å². The van der Waals surface area contributed by atoms with Gasteiger partial charge in [0.2, 0.25) is 0 Å². The molecule has 0 radical (unpaired) electrons. The average molecular weight is 546 g/mol. The van der Waals surface area contributed by atoms with Crippen molar-refractivity contribution in [1.29, 1.82) is 0 Å². The van der Waals surface area contributed by atoms with E-state index in [1.165, 1.54) is 0 Å². The number of aliphatic hydroxyl groups is 2. The fourth-order valence-electron chi connectivity index (χ4n) is 4.91. The highest BCUT2D eigenvalue weighted by Crippen LogP contribution is 2.33. The Morgan fingerprint density at radius 1 is 1.13 bits per heavy atom. The smallest absolute Gasteiger partial charge is 0.309 e. The zero-order valence-corrected chi connectivity index (χ0v) is 24.5. The summed E-state index contributed by atoms with van der Waals surface area (Å²) in [6.07, 6.45) is 1.10. The van der Waals surface area contributed by atoms with E-state index in [0.717, 1.165) is 40.1 Å². The molecule has 2 heterocycles. The molecule has 0 aliphatic carbocycles. The monoisotopic (exact) mass is 545 g/mol. The lowest BCUT2D eigenvalue weighted by Crippen LogP contribution is -2.46. The van der Waals surface area contributed by atoms with Crippen molar-refractivity contribution in [3.63, 3.8) is 0 Å². The Labute approximate surface area is 230 Å². The predicted octanol–water partition coefficient (Wildman–Crippen LogP) is 5.57. The van der Waals surface area contributed by atoms with Crippen LogP contribution in [0, 0.1) is 17.3 Å². The van der Waals surface area contributed by atoms with Crippen molar-refractivity contribution < 1.29 is 29.3 Å². The molecule has 3 rings (SSSR count). The van der Waals surface area contributed by atoms with Crippen molar-refractivity contribution >= 4 is 39.4 Å². The largest absolute Gasteiger partial charge is 0.455 e. The lowest BCUT2D eigenvalue weighted by Gasteiger charge is -2.35. The van der Waals surface area contributed by atoms with Crippen LogP contribution in [0.3, 0.4) is 0 Å². The van der Waals surface area contributed by atoms with E-state index in [1.54, 1.807) is 32.1 Å². The first-order valence-corrected chi connectivity index (χ1v) is 14.3. The third kappa shape index (κ3) is 7.50. The number of aromatic nitrogens is 1. The van der Waals surface area contributed by atoms with Crippen molar-refractivity contribution in [3.8, 4) is 0 Å². The number of fused-ring (bicyclic) bond motifs is 1. The second-order valence-corrected chi connectivity index (χ2v) is 13.0. The Kier molecular flexibility index (Phi) is 9.90. The molecule has 0 unspecified atom stereocenters. The summed E-state index contributed by atoms with van der Waals surface area (Å²) in [5, 5.41) is 22.6. The SMILES string of the molecule is C/C(=C\c1nc2ccccc2s1)[C@@H]1COC(C)(C)CCC[C@H](C)[C@H](O)[C@@H](C)C(=O)C(C)(C)[C@@H](O)CC(=O)O1. The van der Waals surface area contributed by atoms with E-state index in [1.807, 2.05) is 58.0 Å². The van der Waals surface area contributed by atoms with Gasteiger partial charge in [0.05, 0.1) is 46.5 Å². The van der Waals surface area contributed by atoms with Crippen LogP contribution < -0.4 is 0 Å². The van der Waals surface area contributed by atoms with Gasteiger partial charge in [0, 0.05) is 5.92 Å². The second-order valence-electron chi connectivity index (χ2n) is 11.9. The van der Waals surface area contributed by atoms with E-state index in [0.29, 0.717) is 0 Å². The number of esters is 1. The number of carbonyl (C=O) groups is 2.